The van der Waals surface area contributed by atoms with Crippen LogP contribution >= 0.6 is 11.3 Å². The lowest BCUT2D eigenvalue weighted by Crippen LogP contribution is -2.12. The van der Waals surface area contributed by atoms with Gasteiger partial charge in [0.15, 0.2) is 5.13 Å². The molecule has 0 atom stereocenters. The van der Waals surface area contributed by atoms with Gasteiger partial charge in [0.2, 0.25) is 5.91 Å². The molecule has 0 spiro atoms. The summed E-state index contributed by atoms with van der Waals surface area (Å²) in [5.41, 5.74) is 0.639. The van der Waals surface area contributed by atoms with Crippen LogP contribution in [0.2, 0.25) is 0 Å². The molecule has 6 heteroatoms. The Bertz CT molecular complexity index is 440. The van der Waals surface area contributed by atoms with Gasteiger partial charge in [0.1, 0.15) is 0 Å². The first-order valence-electron chi connectivity index (χ1n) is 6.07. The predicted octanol–water partition coefficient (Wildman–Crippen LogP) is 1.99. The summed E-state index contributed by atoms with van der Waals surface area (Å²) in [6.45, 7) is 2.14. The molecular weight excluding hydrogens is 252 g/mol. The molecule has 1 aliphatic carbocycles. The first-order chi connectivity index (χ1) is 8.67. The number of thiazole rings is 1. The molecule has 18 heavy (non-hydrogen) atoms. The van der Waals surface area contributed by atoms with E-state index in [2.05, 4.69) is 10.3 Å². The summed E-state index contributed by atoms with van der Waals surface area (Å²) in [6, 6.07) is 0. The number of hydrogen-bond acceptors (Lipinski definition) is 5. The Hall–Kier alpha value is -1.43. The van der Waals surface area contributed by atoms with Crippen LogP contribution in [0, 0.1) is 5.92 Å². The van der Waals surface area contributed by atoms with Gasteiger partial charge >= 0.3 is 5.97 Å². The van der Waals surface area contributed by atoms with Gasteiger partial charge in [-0.2, -0.15) is 0 Å². The fourth-order valence-corrected chi connectivity index (χ4v) is 2.29. The summed E-state index contributed by atoms with van der Waals surface area (Å²) in [4.78, 5) is 27.0. The summed E-state index contributed by atoms with van der Waals surface area (Å²) < 4.78 is 4.84. The minimum atomic E-state index is -0.293. The van der Waals surface area contributed by atoms with Crippen molar-refractivity contribution < 1.29 is 14.3 Å². The lowest BCUT2D eigenvalue weighted by atomic mass is 10.3. The Labute approximate surface area is 110 Å². The lowest BCUT2D eigenvalue weighted by Gasteiger charge is -2.00. The number of nitrogens with one attached hydrogen (secondary N) is 1. The van der Waals surface area contributed by atoms with Gasteiger partial charge in [0.05, 0.1) is 18.7 Å². The average Bonchev–Trinajstić information content (AvgIpc) is 3.00. The van der Waals surface area contributed by atoms with Gasteiger partial charge < -0.3 is 10.1 Å². The van der Waals surface area contributed by atoms with Crippen LogP contribution in [0.25, 0.3) is 0 Å². The molecule has 98 valence electrons. The molecule has 2 rings (SSSR count). The molecule has 0 aromatic carbocycles. The van der Waals surface area contributed by atoms with Crippen LogP contribution in [0.4, 0.5) is 5.13 Å². The van der Waals surface area contributed by atoms with E-state index in [1.165, 1.54) is 11.3 Å². The molecule has 1 fully saturated rings. The standard InChI is InChI=1S/C12H16N2O3S/c1-2-17-11(16)6-9-7-18-12(13-9)14-10(15)5-8-3-4-8/h7-8H,2-6H2,1H3,(H,13,14,15). The summed E-state index contributed by atoms with van der Waals surface area (Å²) in [5.74, 6) is 0.275. The number of ether oxygens (including phenoxy) is 1. The third kappa shape index (κ3) is 4.10. The summed E-state index contributed by atoms with van der Waals surface area (Å²) in [5, 5.41) is 5.08. The van der Waals surface area contributed by atoms with E-state index < -0.39 is 0 Å². The second-order valence-electron chi connectivity index (χ2n) is 4.32. The SMILES string of the molecule is CCOC(=O)Cc1csc(NC(=O)CC2CC2)n1. The van der Waals surface area contributed by atoms with Gasteiger partial charge in [-0.15, -0.1) is 11.3 Å². The van der Waals surface area contributed by atoms with E-state index in [1.807, 2.05) is 0 Å². The van der Waals surface area contributed by atoms with E-state index in [1.54, 1.807) is 12.3 Å². The van der Waals surface area contributed by atoms with Gasteiger partial charge in [-0.3, -0.25) is 9.59 Å². The van der Waals surface area contributed by atoms with Crippen molar-refractivity contribution >= 4 is 28.3 Å². The quantitative estimate of drug-likeness (QED) is 0.801. The van der Waals surface area contributed by atoms with Gasteiger partial charge in [0, 0.05) is 11.8 Å². The highest BCUT2D eigenvalue weighted by atomic mass is 32.1. The van der Waals surface area contributed by atoms with Crippen LogP contribution in [0.1, 0.15) is 31.9 Å². The van der Waals surface area contributed by atoms with Crippen molar-refractivity contribution in [2.24, 2.45) is 5.92 Å². The Balaban J connectivity index is 1.81. The van der Waals surface area contributed by atoms with Gasteiger partial charge in [-0.25, -0.2) is 4.98 Å². The largest absolute Gasteiger partial charge is 0.466 e. The molecule has 1 aromatic heterocycles. The number of rotatable bonds is 6. The number of hydrogen-bond donors (Lipinski definition) is 1. The van der Waals surface area contributed by atoms with Crippen LogP contribution in [0.15, 0.2) is 5.38 Å². The molecule has 0 radical (unpaired) electrons. The molecule has 1 heterocycles. The smallest absolute Gasteiger partial charge is 0.311 e. The summed E-state index contributed by atoms with van der Waals surface area (Å²) in [6.07, 6.45) is 3.04. The molecule has 0 aliphatic heterocycles. The Kier molecular flexibility index (Phi) is 4.30. The van der Waals surface area contributed by atoms with Crippen LogP contribution < -0.4 is 5.32 Å². The van der Waals surface area contributed by atoms with Crippen LogP contribution in [0.5, 0.6) is 0 Å². The lowest BCUT2D eigenvalue weighted by molar-refractivity contribution is -0.142. The minimum absolute atomic E-state index is 0.00883. The van der Waals surface area contributed by atoms with E-state index >= 15 is 0 Å². The molecule has 0 unspecified atom stereocenters. The predicted molar refractivity (Wildman–Crippen MR) is 68.4 cm³/mol. The molecule has 0 bridgehead atoms. The van der Waals surface area contributed by atoms with Crippen LogP contribution in [-0.2, 0) is 20.7 Å². The first-order valence-corrected chi connectivity index (χ1v) is 6.95. The third-order valence-electron chi connectivity index (χ3n) is 2.60. The van der Waals surface area contributed by atoms with E-state index in [0.29, 0.717) is 29.8 Å². The normalized spacial score (nSPS) is 14.3. The number of esters is 1. The van der Waals surface area contributed by atoms with Gasteiger partial charge in [0.25, 0.3) is 0 Å². The highest BCUT2D eigenvalue weighted by Gasteiger charge is 2.24. The highest BCUT2D eigenvalue weighted by molar-refractivity contribution is 7.13. The number of amides is 1. The van der Waals surface area contributed by atoms with Crippen molar-refractivity contribution in [3.8, 4) is 0 Å². The van der Waals surface area contributed by atoms with Crippen molar-refractivity contribution in [3.63, 3.8) is 0 Å². The summed E-state index contributed by atoms with van der Waals surface area (Å²) >= 11 is 1.33. The maximum absolute atomic E-state index is 11.6. The van der Waals surface area contributed by atoms with E-state index in [0.717, 1.165) is 12.8 Å². The fourth-order valence-electron chi connectivity index (χ4n) is 1.56. The topological polar surface area (TPSA) is 68.3 Å². The molecule has 1 amide bonds. The van der Waals surface area contributed by atoms with Crippen molar-refractivity contribution in [2.45, 2.75) is 32.6 Å². The maximum atomic E-state index is 11.6. The number of carbonyl (C=O) groups is 2. The monoisotopic (exact) mass is 268 g/mol. The van der Waals surface area contributed by atoms with Crippen molar-refractivity contribution in [2.75, 3.05) is 11.9 Å². The van der Waals surface area contributed by atoms with Crippen molar-refractivity contribution in [1.29, 1.82) is 0 Å². The zero-order valence-corrected chi connectivity index (χ0v) is 11.1. The minimum Gasteiger partial charge on any atom is -0.466 e. The Morgan fingerprint density at radius 2 is 2.33 bits per heavy atom. The third-order valence-corrected chi connectivity index (χ3v) is 3.41. The molecule has 1 N–H and O–H groups in total. The van der Waals surface area contributed by atoms with Crippen LogP contribution in [0.3, 0.4) is 0 Å². The molecule has 0 saturated heterocycles. The first kappa shape index (κ1) is 13.0. The number of carbonyl (C=O) groups excluding carboxylic acids is 2. The maximum Gasteiger partial charge on any atom is 0.311 e. The van der Waals surface area contributed by atoms with Crippen LogP contribution in [-0.4, -0.2) is 23.5 Å². The molecular formula is C12H16N2O3S. The number of aromatic nitrogens is 1. The Morgan fingerprint density at radius 3 is 3.00 bits per heavy atom. The number of nitrogens with zero attached hydrogens (tertiary/aromatic N) is 1. The molecule has 1 aromatic rings. The molecule has 1 aliphatic rings. The van der Waals surface area contributed by atoms with E-state index in [9.17, 15) is 9.59 Å². The zero-order chi connectivity index (χ0) is 13.0. The molecule has 1 saturated carbocycles. The van der Waals surface area contributed by atoms with E-state index in [-0.39, 0.29) is 18.3 Å². The molecule has 5 nitrogen and oxygen atoms in total. The average molecular weight is 268 g/mol. The Morgan fingerprint density at radius 1 is 1.56 bits per heavy atom. The van der Waals surface area contributed by atoms with E-state index in [4.69, 9.17) is 4.74 Å². The van der Waals surface area contributed by atoms with Crippen molar-refractivity contribution in [3.05, 3.63) is 11.1 Å². The summed E-state index contributed by atoms with van der Waals surface area (Å²) in [7, 11) is 0. The van der Waals surface area contributed by atoms with Gasteiger partial charge in [-0.1, -0.05) is 0 Å². The second kappa shape index (κ2) is 5.95. The highest BCUT2D eigenvalue weighted by Crippen LogP contribution is 2.32. The van der Waals surface area contributed by atoms with Gasteiger partial charge in [-0.05, 0) is 25.7 Å². The van der Waals surface area contributed by atoms with Crippen molar-refractivity contribution in [1.82, 2.24) is 4.98 Å². The number of anilines is 1. The second-order valence-corrected chi connectivity index (χ2v) is 5.18. The fraction of sp³-hybridized carbons (Fsp3) is 0.583. The zero-order valence-electron chi connectivity index (χ0n) is 10.3.